The van der Waals surface area contributed by atoms with Crippen LogP contribution >= 0.6 is 0 Å². The van der Waals surface area contributed by atoms with E-state index in [1.807, 2.05) is 54.6 Å². The Morgan fingerprint density at radius 2 is 1.86 bits per heavy atom. The Morgan fingerprint density at radius 1 is 1.14 bits per heavy atom. The maximum absolute atomic E-state index is 11.2. The molecule has 0 saturated heterocycles. The minimum atomic E-state index is -0.582. The molecule has 0 aliphatic rings. The van der Waals surface area contributed by atoms with Gasteiger partial charge in [-0.25, -0.2) is 10.2 Å². The average molecular weight is 298 g/mol. The first-order valence-corrected chi connectivity index (χ1v) is 7.01. The Hall–Kier alpha value is -2.82. The van der Waals surface area contributed by atoms with Crippen molar-refractivity contribution in [2.24, 2.45) is 5.10 Å². The van der Waals surface area contributed by atoms with Crippen LogP contribution in [0.2, 0.25) is 0 Å². The monoisotopic (exact) mass is 298 g/mol. The summed E-state index contributed by atoms with van der Waals surface area (Å²) in [6, 6.07) is 17.4. The lowest BCUT2D eigenvalue weighted by molar-refractivity contribution is 0.152. The van der Waals surface area contributed by atoms with Gasteiger partial charge in [0.05, 0.1) is 12.8 Å². The second kappa shape index (κ2) is 8.46. The van der Waals surface area contributed by atoms with Crippen LogP contribution in [0.15, 0.2) is 59.7 Å². The van der Waals surface area contributed by atoms with Crippen LogP contribution in [-0.4, -0.2) is 18.9 Å². The summed E-state index contributed by atoms with van der Waals surface area (Å²) in [6.45, 7) is 2.51. The number of hydrogen-bond acceptors (Lipinski definition) is 4. The Morgan fingerprint density at radius 3 is 2.64 bits per heavy atom. The number of carbonyl (C=O) groups excluding carboxylic acids is 1. The van der Waals surface area contributed by atoms with Gasteiger partial charge in [-0.3, -0.25) is 0 Å². The third-order valence-corrected chi connectivity index (χ3v) is 2.79. The molecule has 0 aliphatic carbocycles. The van der Waals surface area contributed by atoms with Crippen LogP contribution in [0, 0.1) is 0 Å². The summed E-state index contributed by atoms with van der Waals surface area (Å²) in [5, 5.41) is 3.85. The van der Waals surface area contributed by atoms with Gasteiger partial charge in [-0.1, -0.05) is 42.5 Å². The number of carbonyl (C=O) groups is 1. The fraction of sp³-hybridized carbons (Fsp3) is 0.176. The van der Waals surface area contributed by atoms with Gasteiger partial charge >= 0.3 is 6.09 Å². The van der Waals surface area contributed by atoms with E-state index in [1.54, 1.807) is 6.92 Å². The van der Waals surface area contributed by atoms with Crippen molar-refractivity contribution in [3.8, 4) is 5.75 Å². The van der Waals surface area contributed by atoms with Crippen LogP contribution in [0.4, 0.5) is 4.79 Å². The smallest absolute Gasteiger partial charge is 0.427 e. The van der Waals surface area contributed by atoms with Crippen molar-refractivity contribution in [1.29, 1.82) is 0 Å². The molecule has 2 rings (SSSR count). The lowest BCUT2D eigenvalue weighted by atomic mass is 10.2. The number of para-hydroxylation sites is 1. The SMILES string of the molecule is CCOC(=O)N/N=C/c1ccccc1OCc1ccccc1. The van der Waals surface area contributed by atoms with Crippen LogP contribution in [0.3, 0.4) is 0 Å². The molecule has 5 heteroatoms. The first-order chi connectivity index (χ1) is 10.8. The van der Waals surface area contributed by atoms with E-state index in [1.165, 1.54) is 6.21 Å². The molecular formula is C17H18N2O3. The number of ether oxygens (including phenoxy) is 2. The molecule has 0 aromatic heterocycles. The van der Waals surface area contributed by atoms with Crippen molar-refractivity contribution < 1.29 is 14.3 Å². The maximum Gasteiger partial charge on any atom is 0.427 e. The molecule has 0 spiro atoms. The minimum absolute atomic E-state index is 0.304. The topological polar surface area (TPSA) is 59.9 Å². The van der Waals surface area contributed by atoms with Gasteiger partial charge in [0.25, 0.3) is 0 Å². The molecule has 0 saturated carbocycles. The summed E-state index contributed by atoms with van der Waals surface area (Å²) < 4.78 is 10.5. The van der Waals surface area contributed by atoms with Crippen LogP contribution in [-0.2, 0) is 11.3 Å². The van der Waals surface area contributed by atoms with Gasteiger partial charge in [-0.05, 0) is 24.6 Å². The lowest BCUT2D eigenvalue weighted by Crippen LogP contribution is -2.18. The zero-order valence-electron chi connectivity index (χ0n) is 12.4. The Balaban J connectivity index is 1.97. The summed E-state index contributed by atoms with van der Waals surface area (Å²) in [7, 11) is 0. The van der Waals surface area contributed by atoms with Crippen LogP contribution < -0.4 is 10.2 Å². The molecule has 0 unspecified atom stereocenters. The second-order valence-corrected chi connectivity index (χ2v) is 4.40. The standard InChI is InChI=1S/C17H18N2O3/c1-2-21-17(20)19-18-12-15-10-6-7-11-16(15)22-13-14-8-4-3-5-9-14/h3-12H,2,13H2,1H3,(H,19,20)/b18-12+. The Bertz CT molecular complexity index is 627. The molecular weight excluding hydrogens is 280 g/mol. The lowest BCUT2D eigenvalue weighted by Gasteiger charge is -2.08. The fourth-order valence-electron chi connectivity index (χ4n) is 1.77. The van der Waals surface area contributed by atoms with Crippen molar-refractivity contribution >= 4 is 12.3 Å². The molecule has 1 amide bonds. The van der Waals surface area contributed by atoms with Crippen molar-refractivity contribution in [3.05, 3.63) is 65.7 Å². The quantitative estimate of drug-likeness (QED) is 0.657. The molecule has 0 radical (unpaired) electrons. The summed E-state index contributed by atoms with van der Waals surface area (Å²) >= 11 is 0. The zero-order valence-corrected chi connectivity index (χ0v) is 12.4. The van der Waals surface area contributed by atoms with Gasteiger partial charge in [-0.2, -0.15) is 5.10 Å². The van der Waals surface area contributed by atoms with E-state index in [9.17, 15) is 4.79 Å². The number of nitrogens with zero attached hydrogens (tertiary/aromatic N) is 1. The minimum Gasteiger partial charge on any atom is -0.488 e. The Kier molecular flexibility index (Phi) is 5.99. The summed E-state index contributed by atoms with van der Waals surface area (Å²) in [5.74, 6) is 0.695. The van der Waals surface area contributed by atoms with Gasteiger partial charge in [0, 0.05) is 5.56 Å². The van der Waals surface area contributed by atoms with E-state index in [0.717, 1.165) is 11.1 Å². The number of rotatable bonds is 6. The van der Waals surface area contributed by atoms with Crippen molar-refractivity contribution in [2.75, 3.05) is 6.61 Å². The molecule has 5 nitrogen and oxygen atoms in total. The second-order valence-electron chi connectivity index (χ2n) is 4.40. The largest absolute Gasteiger partial charge is 0.488 e. The van der Waals surface area contributed by atoms with Crippen LogP contribution in [0.1, 0.15) is 18.1 Å². The van der Waals surface area contributed by atoms with E-state index in [4.69, 9.17) is 9.47 Å². The highest BCUT2D eigenvalue weighted by molar-refractivity contribution is 5.84. The van der Waals surface area contributed by atoms with Gasteiger partial charge in [0.2, 0.25) is 0 Å². The first kappa shape index (κ1) is 15.6. The van der Waals surface area contributed by atoms with E-state index >= 15 is 0 Å². The highest BCUT2D eigenvalue weighted by atomic mass is 16.5. The van der Waals surface area contributed by atoms with E-state index < -0.39 is 6.09 Å². The predicted octanol–water partition coefficient (Wildman–Crippen LogP) is 3.35. The molecule has 0 aliphatic heterocycles. The molecule has 0 atom stereocenters. The number of nitrogens with one attached hydrogen (secondary N) is 1. The zero-order chi connectivity index (χ0) is 15.6. The number of amides is 1. The number of hydrogen-bond donors (Lipinski definition) is 1. The van der Waals surface area contributed by atoms with E-state index in [2.05, 4.69) is 10.5 Å². The highest BCUT2D eigenvalue weighted by Crippen LogP contribution is 2.17. The Labute approximate surface area is 129 Å². The third kappa shape index (κ3) is 4.94. The van der Waals surface area contributed by atoms with Crippen molar-refractivity contribution in [1.82, 2.24) is 5.43 Å². The summed E-state index contributed by atoms with van der Waals surface area (Å²) in [5.41, 5.74) is 4.14. The number of benzene rings is 2. The van der Waals surface area contributed by atoms with Crippen LogP contribution in [0.25, 0.3) is 0 Å². The van der Waals surface area contributed by atoms with Gasteiger partial charge in [-0.15, -0.1) is 0 Å². The highest BCUT2D eigenvalue weighted by Gasteiger charge is 2.02. The predicted molar refractivity (Wildman–Crippen MR) is 85.0 cm³/mol. The molecule has 0 heterocycles. The molecule has 114 valence electrons. The molecule has 0 fully saturated rings. The summed E-state index contributed by atoms with van der Waals surface area (Å²) in [6.07, 6.45) is 0.943. The molecule has 2 aromatic rings. The average Bonchev–Trinajstić information content (AvgIpc) is 2.55. The van der Waals surface area contributed by atoms with Gasteiger partial charge < -0.3 is 9.47 Å². The van der Waals surface area contributed by atoms with E-state index in [0.29, 0.717) is 19.0 Å². The third-order valence-electron chi connectivity index (χ3n) is 2.79. The number of hydrazone groups is 1. The van der Waals surface area contributed by atoms with Gasteiger partial charge in [0.1, 0.15) is 12.4 Å². The van der Waals surface area contributed by atoms with Crippen LogP contribution in [0.5, 0.6) is 5.75 Å². The van der Waals surface area contributed by atoms with E-state index in [-0.39, 0.29) is 0 Å². The first-order valence-electron chi connectivity index (χ1n) is 7.01. The van der Waals surface area contributed by atoms with Gasteiger partial charge in [0.15, 0.2) is 0 Å². The maximum atomic E-state index is 11.2. The fourth-order valence-corrected chi connectivity index (χ4v) is 1.77. The summed E-state index contributed by atoms with van der Waals surface area (Å²) in [4.78, 5) is 11.2. The molecule has 1 N–H and O–H groups in total. The van der Waals surface area contributed by atoms with Crippen molar-refractivity contribution in [2.45, 2.75) is 13.5 Å². The van der Waals surface area contributed by atoms with Crippen molar-refractivity contribution in [3.63, 3.8) is 0 Å². The molecule has 0 bridgehead atoms. The normalized spacial score (nSPS) is 10.4. The molecule has 2 aromatic carbocycles. The molecule has 22 heavy (non-hydrogen) atoms.